The lowest BCUT2D eigenvalue weighted by Gasteiger charge is -2.22. The molecule has 2 rings (SSSR count). The third-order valence-electron chi connectivity index (χ3n) is 3.52. The minimum atomic E-state index is -0.790. The van der Waals surface area contributed by atoms with Gasteiger partial charge < -0.3 is 5.73 Å². The monoisotopic (exact) mass is 240 g/mol. The van der Waals surface area contributed by atoms with Crippen molar-refractivity contribution in [2.45, 2.75) is 19.9 Å². The van der Waals surface area contributed by atoms with E-state index in [4.69, 9.17) is 5.73 Å². The average molecular weight is 240 g/mol. The fourth-order valence-electron chi connectivity index (χ4n) is 2.32. The van der Waals surface area contributed by atoms with Gasteiger partial charge in [-0.05, 0) is 42.6 Å². The molecule has 0 bridgehead atoms. The maximum Gasteiger partial charge on any atom is 0.159 e. The number of hydrogen-bond acceptors (Lipinski definition) is 2. The Kier molecular flexibility index (Phi) is 3.45. The summed E-state index contributed by atoms with van der Waals surface area (Å²) in [5, 5.41) is 0. The molecule has 1 aliphatic heterocycles. The summed E-state index contributed by atoms with van der Waals surface area (Å²) in [5.74, 6) is -1.56. The molecule has 17 heavy (non-hydrogen) atoms. The molecule has 0 radical (unpaired) electrons. The molecule has 1 unspecified atom stereocenters. The number of halogens is 2. The molecule has 0 amide bonds. The van der Waals surface area contributed by atoms with E-state index in [9.17, 15) is 8.78 Å². The van der Waals surface area contributed by atoms with Gasteiger partial charge in [-0.2, -0.15) is 0 Å². The van der Waals surface area contributed by atoms with E-state index in [0.29, 0.717) is 13.1 Å². The first-order valence-electron chi connectivity index (χ1n) is 5.89. The van der Waals surface area contributed by atoms with E-state index in [2.05, 4.69) is 11.8 Å². The Bertz CT molecular complexity index is 408. The zero-order valence-corrected chi connectivity index (χ0v) is 10.0. The summed E-state index contributed by atoms with van der Waals surface area (Å²) in [5.41, 5.74) is 6.71. The molecular weight excluding hydrogens is 222 g/mol. The van der Waals surface area contributed by atoms with Crippen LogP contribution in [0.1, 0.15) is 18.9 Å². The van der Waals surface area contributed by atoms with Crippen LogP contribution in [-0.2, 0) is 6.54 Å². The Morgan fingerprint density at radius 3 is 2.71 bits per heavy atom. The van der Waals surface area contributed by atoms with E-state index in [1.165, 1.54) is 12.1 Å². The second-order valence-electron chi connectivity index (χ2n) is 5.22. The number of benzene rings is 1. The Morgan fingerprint density at radius 1 is 1.35 bits per heavy atom. The van der Waals surface area contributed by atoms with Gasteiger partial charge in [0.1, 0.15) is 0 Å². The molecule has 1 atom stereocenters. The van der Waals surface area contributed by atoms with Crippen molar-refractivity contribution in [1.29, 1.82) is 0 Å². The number of hydrogen-bond donors (Lipinski definition) is 1. The molecule has 4 heteroatoms. The predicted molar refractivity (Wildman–Crippen MR) is 63.4 cm³/mol. The van der Waals surface area contributed by atoms with Gasteiger partial charge in [-0.15, -0.1) is 0 Å². The topological polar surface area (TPSA) is 29.3 Å². The van der Waals surface area contributed by atoms with E-state index in [1.807, 2.05) is 0 Å². The lowest BCUT2D eigenvalue weighted by Crippen LogP contribution is -2.31. The third kappa shape index (κ3) is 2.82. The van der Waals surface area contributed by atoms with Gasteiger partial charge in [-0.3, -0.25) is 4.90 Å². The largest absolute Gasteiger partial charge is 0.330 e. The van der Waals surface area contributed by atoms with Crippen LogP contribution in [0.2, 0.25) is 0 Å². The van der Waals surface area contributed by atoms with Gasteiger partial charge in [0.2, 0.25) is 0 Å². The van der Waals surface area contributed by atoms with Gasteiger partial charge in [0.15, 0.2) is 11.6 Å². The Labute approximate surface area is 100 Å². The smallest absolute Gasteiger partial charge is 0.159 e. The van der Waals surface area contributed by atoms with Gasteiger partial charge in [0, 0.05) is 13.1 Å². The van der Waals surface area contributed by atoms with Crippen molar-refractivity contribution in [3.05, 3.63) is 35.4 Å². The number of rotatable bonds is 3. The highest BCUT2D eigenvalue weighted by atomic mass is 19.2. The molecule has 94 valence electrons. The summed E-state index contributed by atoms with van der Waals surface area (Å²) >= 11 is 0. The molecule has 2 N–H and O–H groups in total. The van der Waals surface area contributed by atoms with E-state index < -0.39 is 11.6 Å². The first kappa shape index (κ1) is 12.5. The van der Waals surface area contributed by atoms with Crippen LogP contribution in [0.25, 0.3) is 0 Å². The van der Waals surface area contributed by atoms with Gasteiger partial charge in [-0.1, -0.05) is 13.0 Å². The van der Waals surface area contributed by atoms with Crippen molar-refractivity contribution < 1.29 is 8.78 Å². The molecule has 1 aromatic rings. The fraction of sp³-hybridized carbons (Fsp3) is 0.538. The zero-order valence-electron chi connectivity index (χ0n) is 10.0. The standard InChI is InChI=1S/C13H18F2N2/c1-13(8-16)4-5-17(9-13)7-10-2-3-11(14)12(15)6-10/h2-3,6H,4-5,7-9,16H2,1H3. The van der Waals surface area contributed by atoms with Crippen LogP contribution in [0.3, 0.4) is 0 Å². The summed E-state index contributed by atoms with van der Waals surface area (Å²) in [6.07, 6.45) is 1.06. The molecule has 0 aliphatic carbocycles. The minimum Gasteiger partial charge on any atom is -0.330 e. The van der Waals surface area contributed by atoms with Gasteiger partial charge in [-0.25, -0.2) is 8.78 Å². The summed E-state index contributed by atoms with van der Waals surface area (Å²) in [7, 11) is 0. The molecule has 1 fully saturated rings. The summed E-state index contributed by atoms with van der Waals surface area (Å²) in [6, 6.07) is 4.09. The SMILES string of the molecule is CC1(CN)CCN(Cc2ccc(F)c(F)c2)C1. The van der Waals surface area contributed by atoms with Crippen molar-refractivity contribution in [1.82, 2.24) is 4.90 Å². The first-order valence-corrected chi connectivity index (χ1v) is 5.89. The molecular formula is C13H18F2N2. The first-order chi connectivity index (χ1) is 8.02. The highest BCUT2D eigenvalue weighted by Gasteiger charge is 2.32. The van der Waals surface area contributed by atoms with Gasteiger partial charge in [0.05, 0.1) is 0 Å². The van der Waals surface area contributed by atoms with Crippen molar-refractivity contribution >= 4 is 0 Å². The summed E-state index contributed by atoms with van der Waals surface area (Å²) < 4.78 is 25.8. The molecule has 0 saturated carbocycles. The van der Waals surface area contributed by atoms with Gasteiger partial charge >= 0.3 is 0 Å². The number of nitrogens with two attached hydrogens (primary N) is 1. The quantitative estimate of drug-likeness (QED) is 0.877. The maximum absolute atomic E-state index is 13.1. The highest BCUT2D eigenvalue weighted by Crippen LogP contribution is 2.29. The second kappa shape index (κ2) is 4.70. The van der Waals surface area contributed by atoms with Crippen molar-refractivity contribution in [3.63, 3.8) is 0 Å². The van der Waals surface area contributed by atoms with Crippen molar-refractivity contribution in [2.24, 2.45) is 11.1 Å². The predicted octanol–water partition coefficient (Wildman–Crippen LogP) is 2.14. The Morgan fingerprint density at radius 2 is 2.12 bits per heavy atom. The van der Waals surface area contributed by atoms with E-state index >= 15 is 0 Å². The van der Waals surface area contributed by atoms with Crippen LogP contribution in [0.15, 0.2) is 18.2 Å². The summed E-state index contributed by atoms with van der Waals surface area (Å²) in [4.78, 5) is 2.24. The molecule has 1 aromatic carbocycles. The second-order valence-corrected chi connectivity index (χ2v) is 5.22. The zero-order chi connectivity index (χ0) is 12.5. The Balaban J connectivity index is 2.00. The molecule has 1 aliphatic rings. The maximum atomic E-state index is 13.1. The van der Waals surface area contributed by atoms with E-state index in [-0.39, 0.29) is 5.41 Å². The molecule has 1 heterocycles. The fourth-order valence-corrected chi connectivity index (χ4v) is 2.32. The summed E-state index contributed by atoms with van der Waals surface area (Å²) in [6.45, 7) is 5.38. The molecule has 1 saturated heterocycles. The molecule has 0 spiro atoms. The molecule has 0 aromatic heterocycles. The lowest BCUT2D eigenvalue weighted by molar-refractivity contribution is 0.274. The Hall–Kier alpha value is -1.00. The van der Waals surface area contributed by atoms with E-state index in [0.717, 1.165) is 25.1 Å². The normalized spacial score (nSPS) is 25.4. The van der Waals surface area contributed by atoms with Crippen LogP contribution in [0.4, 0.5) is 8.78 Å². The van der Waals surface area contributed by atoms with Gasteiger partial charge in [0.25, 0.3) is 0 Å². The third-order valence-corrected chi connectivity index (χ3v) is 3.52. The van der Waals surface area contributed by atoms with Crippen LogP contribution < -0.4 is 5.73 Å². The highest BCUT2D eigenvalue weighted by molar-refractivity contribution is 5.18. The lowest BCUT2D eigenvalue weighted by atomic mass is 9.90. The number of likely N-dealkylation sites (tertiary alicyclic amines) is 1. The van der Waals surface area contributed by atoms with Crippen molar-refractivity contribution in [2.75, 3.05) is 19.6 Å². The minimum absolute atomic E-state index is 0.165. The van der Waals surface area contributed by atoms with Crippen LogP contribution in [0.5, 0.6) is 0 Å². The van der Waals surface area contributed by atoms with Crippen LogP contribution in [-0.4, -0.2) is 24.5 Å². The van der Waals surface area contributed by atoms with Crippen molar-refractivity contribution in [3.8, 4) is 0 Å². The van der Waals surface area contributed by atoms with Crippen LogP contribution >= 0.6 is 0 Å². The molecule has 2 nitrogen and oxygen atoms in total. The van der Waals surface area contributed by atoms with Crippen LogP contribution in [0, 0.1) is 17.0 Å². The van der Waals surface area contributed by atoms with E-state index in [1.54, 1.807) is 6.07 Å². The average Bonchev–Trinajstić information content (AvgIpc) is 2.67. The number of nitrogens with zero attached hydrogens (tertiary/aromatic N) is 1.